The Morgan fingerprint density at radius 1 is 1.60 bits per heavy atom. The maximum absolute atomic E-state index is 5.64. The van der Waals surface area contributed by atoms with Crippen LogP contribution in [0.3, 0.4) is 0 Å². The summed E-state index contributed by atoms with van der Waals surface area (Å²) < 4.78 is 10.8. The second-order valence-electron chi connectivity index (χ2n) is 3.35. The summed E-state index contributed by atoms with van der Waals surface area (Å²) in [5, 5.41) is 0. The van der Waals surface area contributed by atoms with Crippen molar-refractivity contribution in [2.24, 2.45) is 0 Å². The lowest BCUT2D eigenvalue weighted by atomic mass is 10.6. The number of epoxide rings is 1. The van der Waals surface area contributed by atoms with E-state index >= 15 is 0 Å². The predicted molar refractivity (Wildman–Crippen MR) is 43.7 cm³/mol. The normalized spacial score (nSPS) is 24.9. The first kappa shape index (κ1) is 8.24. The van der Waals surface area contributed by atoms with Gasteiger partial charge in [-0.1, -0.05) is 0 Å². The molecule has 0 saturated carbocycles. The third-order valence-corrected chi connectivity index (χ3v) is 4.17. The molecule has 1 rings (SSSR count). The van der Waals surface area contributed by atoms with Crippen LogP contribution in [0.15, 0.2) is 0 Å². The molecule has 60 valence electrons. The molecular weight excluding hydrogens is 144 g/mol. The smallest absolute Gasteiger partial charge is 0.189 e. The van der Waals surface area contributed by atoms with E-state index < -0.39 is 8.32 Å². The topological polar surface area (TPSA) is 21.8 Å². The molecule has 1 aliphatic rings. The molecular formula is C7H16O2Si. The fourth-order valence-corrected chi connectivity index (χ4v) is 3.42. The van der Waals surface area contributed by atoms with Crippen LogP contribution < -0.4 is 0 Å². The molecule has 0 aromatic carbocycles. The third-order valence-electron chi connectivity index (χ3n) is 1.66. The Morgan fingerprint density at radius 2 is 2.20 bits per heavy atom. The summed E-state index contributed by atoms with van der Waals surface area (Å²) in [4.78, 5) is 0. The van der Waals surface area contributed by atoms with E-state index in [9.17, 15) is 0 Å². The highest BCUT2D eigenvalue weighted by Crippen LogP contribution is 2.23. The Kier molecular flexibility index (Phi) is 2.49. The molecule has 1 fully saturated rings. The second-order valence-corrected chi connectivity index (χ2v) is 7.57. The maximum atomic E-state index is 5.64. The SMILES string of the molecule is CCO[Si](C)(C)CC1CO1. The molecule has 10 heavy (non-hydrogen) atoms. The van der Waals surface area contributed by atoms with Gasteiger partial charge in [-0.2, -0.15) is 0 Å². The first-order valence-electron chi connectivity index (χ1n) is 3.89. The fourth-order valence-electron chi connectivity index (χ4n) is 1.18. The van der Waals surface area contributed by atoms with Gasteiger partial charge in [0.2, 0.25) is 0 Å². The molecule has 0 N–H and O–H groups in total. The number of rotatable bonds is 4. The van der Waals surface area contributed by atoms with Gasteiger partial charge in [0.1, 0.15) is 0 Å². The molecule has 0 spiro atoms. The van der Waals surface area contributed by atoms with Crippen molar-refractivity contribution >= 4 is 8.32 Å². The molecule has 1 saturated heterocycles. The Hall–Kier alpha value is 0.137. The highest BCUT2D eigenvalue weighted by molar-refractivity contribution is 6.71. The predicted octanol–water partition coefficient (Wildman–Crippen LogP) is 1.63. The summed E-state index contributed by atoms with van der Waals surface area (Å²) in [7, 11) is -1.33. The van der Waals surface area contributed by atoms with Crippen LogP contribution in [-0.2, 0) is 9.16 Å². The maximum Gasteiger partial charge on any atom is 0.189 e. The van der Waals surface area contributed by atoms with Gasteiger partial charge in [0, 0.05) is 6.61 Å². The number of ether oxygens (including phenoxy) is 1. The lowest BCUT2D eigenvalue weighted by Crippen LogP contribution is -2.31. The van der Waals surface area contributed by atoms with E-state index in [0.717, 1.165) is 13.2 Å². The van der Waals surface area contributed by atoms with Gasteiger partial charge in [0.15, 0.2) is 8.32 Å². The lowest BCUT2D eigenvalue weighted by molar-refractivity contribution is 0.321. The van der Waals surface area contributed by atoms with Gasteiger partial charge in [0.05, 0.1) is 12.7 Å². The van der Waals surface area contributed by atoms with Crippen LogP contribution in [0.1, 0.15) is 6.92 Å². The van der Waals surface area contributed by atoms with Gasteiger partial charge in [-0.15, -0.1) is 0 Å². The quantitative estimate of drug-likeness (QED) is 0.460. The van der Waals surface area contributed by atoms with E-state index in [0.29, 0.717) is 6.10 Å². The Bertz CT molecular complexity index is 110. The summed E-state index contributed by atoms with van der Waals surface area (Å²) in [5.41, 5.74) is 0. The fraction of sp³-hybridized carbons (Fsp3) is 1.00. The van der Waals surface area contributed by atoms with Crippen LogP contribution in [-0.4, -0.2) is 27.6 Å². The van der Waals surface area contributed by atoms with Crippen molar-refractivity contribution in [1.82, 2.24) is 0 Å². The third kappa shape index (κ3) is 2.81. The van der Waals surface area contributed by atoms with Crippen molar-refractivity contribution in [2.75, 3.05) is 13.2 Å². The van der Waals surface area contributed by atoms with Gasteiger partial charge in [-0.25, -0.2) is 0 Å². The Morgan fingerprint density at radius 3 is 2.60 bits per heavy atom. The summed E-state index contributed by atoms with van der Waals surface area (Å²) in [6, 6.07) is 1.17. The zero-order valence-corrected chi connectivity index (χ0v) is 8.02. The minimum atomic E-state index is -1.33. The highest BCUT2D eigenvalue weighted by Gasteiger charge is 2.33. The van der Waals surface area contributed by atoms with Crippen LogP contribution in [0.4, 0.5) is 0 Å². The van der Waals surface area contributed by atoms with Gasteiger partial charge >= 0.3 is 0 Å². The summed E-state index contributed by atoms with van der Waals surface area (Å²) in [6.45, 7) is 8.37. The molecule has 2 nitrogen and oxygen atoms in total. The molecule has 1 aliphatic heterocycles. The van der Waals surface area contributed by atoms with E-state index in [1.165, 1.54) is 6.04 Å². The van der Waals surface area contributed by atoms with Crippen molar-refractivity contribution in [3.05, 3.63) is 0 Å². The molecule has 1 atom stereocenters. The molecule has 0 aromatic rings. The Balaban J connectivity index is 2.19. The minimum absolute atomic E-state index is 0.535. The molecule has 0 aliphatic carbocycles. The van der Waals surface area contributed by atoms with Crippen LogP contribution in [0.25, 0.3) is 0 Å². The van der Waals surface area contributed by atoms with Crippen LogP contribution in [0, 0.1) is 0 Å². The first-order valence-corrected chi connectivity index (χ1v) is 7.01. The van der Waals surface area contributed by atoms with Gasteiger partial charge in [-0.3, -0.25) is 0 Å². The standard InChI is InChI=1S/C7H16O2Si/c1-4-9-10(2,3)6-7-5-8-7/h7H,4-6H2,1-3H3. The van der Waals surface area contributed by atoms with Crippen molar-refractivity contribution < 1.29 is 9.16 Å². The first-order chi connectivity index (χ1) is 4.64. The van der Waals surface area contributed by atoms with Crippen LogP contribution in [0.5, 0.6) is 0 Å². The molecule has 1 unspecified atom stereocenters. The minimum Gasteiger partial charge on any atom is -0.418 e. The van der Waals surface area contributed by atoms with E-state index in [1.54, 1.807) is 0 Å². The monoisotopic (exact) mass is 160 g/mol. The lowest BCUT2D eigenvalue weighted by Gasteiger charge is -2.20. The largest absolute Gasteiger partial charge is 0.418 e. The summed E-state index contributed by atoms with van der Waals surface area (Å²) in [5.74, 6) is 0. The Labute approximate surface area is 63.7 Å². The summed E-state index contributed by atoms with van der Waals surface area (Å²) in [6.07, 6.45) is 0.535. The molecule has 0 radical (unpaired) electrons. The van der Waals surface area contributed by atoms with Gasteiger partial charge in [-0.05, 0) is 26.1 Å². The molecule has 0 bridgehead atoms. The zero-order valence-electron chi connectivity index (χ0n) is 7.02. The van der Waals surface area contributed by atoms with Crippen LogP contribution in [0.2, 0.25) is 19.1 Å². The molecule has 3 heteroatoms. The van der Waals surface area contributed by atoms with E-state index in [4.69, 9.17) is 9.16 Å². The average molecular weight is 160 g/mol. The molecule has 0 amide bonds. The van der Waals surface area contributed by atoms with Gasteiger partial charge < -0.3 is 9.16 Å². The highest BCUT2D eigenvalue weighted by atomic mass is 28.4. The summed E-state index contributed by atoms with van der Waals surface area (Å²) >= 11 is 0. The van der Waals surface area contributed by atoms with Crippen molar-refractivity contribution in [1.29, 1.82) is 0 Å². The van der Waals surface area contributed by atoms with Gasteiger partial charge in [0.25, 0.3) is 0 Å². The van der Waals surface area contributed by atoms with E-state index in [-0.39, 0.29) is 0 Å². The van der Waals surface area contributed by atoms with Crippen molar-refractivity contribution in [3.63, 3.8) is 0 Å². The second kappa shape index (κ2) is 3.03. The average Bonchev–Trinajstić information content (AvgIpc) is 2.48. The van der Waals surface area contributed by atoms with E-state index in [1.807, 2.05) is 0 Å². The molecule has 1 heterocycles. The molecule has 0 aromatic heterocycles. The number of hydrogen-bond acceptors (Lipinski definition) is 2. The number of hydrogen-bond donors (Lipinski definition) is 0. The van der Waals surface area contributed by atoms with Crippen molar-refractivity contribution in [3.8, 4) is 0 Å². The van der Waals surface area contributed by atoms with Crippen molar-refractivity contribution in [2.45, 2.75) is 32.2 Å². The van der Waals surface area contributed by atoms with E-state index in [2.05, 4.69) is 20.0 Å². The zero-order chi connectivity index (χ0) is 7.61. The van der Waals surface area contributed by atoms with Crippen LogP contribution >= 0.6 is 0 Å².